The summed E-state index contributed by atoms with van der Waals surface area (Å²) in [6.07, 6.45) is 8.83. The van der Waals surface area contributed by atoms with E-state index in [4.69, 9.17) is 9.47 Å². The predicted molar refractivity (Wildman–Crippen MR) is 145 cm³/mol. The third-order valence-electron chi connectivity index (χ3n) is 13.4. The Hall–Kier alpha value is -0.650. The molecule has 0 aromatic carbocycles. The van der Waals surface area contributed by atoms with Crippen LogP contribution in [0.3, 0.4) is 0 Å². The molecule has 0 radical (unpaired) electrons. The Morgan fingerprint density at radius 2 is 1.57 bits per heavy atom. The first-order chi connectivity index (χ1) is 16.9. The van der Waals surface area contributed by atoms with Crippen LogP contribution in [0.25, 0.3) is 0 Å². The van der Waals surface area contributed by atoms with E-state index in [1.54, 1.807) is 0 Å². The maximum atomic E-state index is 12.0. The normalized spacial score (nSPS) is 53.2. The van der Waals surface area contributed by atoms with Crippen molar-refractivity contribution in [3.63, 3.8) is 0 Å². The average Bonchev–Trinajstić information content (AvgIpc) is 3.32. The van der Waals surface area contributed by atoms with Crippen LogP contribution in [-0.2, 0) is 14.3 Å². The second-order valence-electron chi connectivity index (χ2n) is 16.0. The number of fused-ring (bicyclic) bond motifs is 5. The average molecular weight is 519 g/mol. The maximum Gasteiger partial charge on any atom is 0.302 e. The van der Waals surface area contributed by atoms with Crippen LogP contribution in [0.4, 0.5) is 0 Å². The van der Waals surface area contributed by atoms with E-state index in [1.165, 1.54) is 32.6 Å². The van der Waals surface area contributed by atoms with E-state index >= 15 is 0 Å². The minimum Gasteiger partial charge on any atom is -0.462 e. The van der Waals surface area contributed by atoms with Gasteiger partial charge in [-0.1, -0.05) is 34.6 Å². The van der Waals surface area contributed by atoms with Gasteiger partial charge < -0.3 is 19.7 Å². The maximum absolute atomic E-state index is 12.0. The van der Waals surface area contributed by atoms with Crippen molar-refractivity contribution >= 4 is 5.97 Å². The second-order valence-corrected chi connectivity index (χ2v) is 16.0. The molecule has 37 heavy (non-hydrogen) atoms. The van der Waals surface area contributed by atoms with Gasteiger partial charge >= 0.3 is 5.97 Å². The fourth-order valence-electron chi connectivity index (χ4n) is 11.7. The molecule has 0 spiro atoms. The molecule has 5 rings (SSSR count). The highest BCUT2D eigenvalue weighted by atomic mass is 16.5. The number of aliphatic hydroxyl groups excluding tert-OH is 1. The van der Waals surface area contributed by atoms with E-state index in [9.17, 15) is 15.0 Å². The lowest BCUT2D eigenvalue weighted by Crippen LogP contribution is -2.68. The zero-order chi connectivity index (χ0) is 27.4. The summed E-state index contributed by atoms with van der Waals surface area (Å²) in [5.74, 6) is 1.54. The summed E-state index contributed by atoms with van der Waals surface area (Å²) < 4.78 is 12.5. The van der Waals surface area contributed by atoms with E-state index in [0.29, 0.717) is 17.8 Å². The van der Waals surface area contributed by atoms with E-state index in [2.05, 4.69) is 41.5 Å². The first-order valence-electron chi connectivity index (χ1n) is 15.2. The van der Waals surface area contributed by atoms with Crippen molar-refractivity contribution in [2.45, 2.75) is 150 Å². The molecule has 0 aromatic rings. The van der Waals surface area contributed by atoms with Crippen molar-refractivity contribution in [3.05, 3.63) is 0 Å². The van der Waals surface area contributed by atoms with Gasteiger partial charge in [-0.25, -0.2) is 0 Å². The van der Waals surface area contributed by atoms with Gasteiger partial charge in [-0.3, -0.25) is 4.79 Å². The minimum atomic E-state index is -0.807. The summed E-state index contributed by atoms with van der Waals surface area (Å²) in [7, 11) is 0. The van der Waals surface area contributed by atoms with Crippen molar-refractivity contribution in [2.75, 3.05) is 0 Å². The Kier molecular flexibility index (Phi) is 6.35. The topological polar surface area (TPSA) is 76.0 Å². The van der Waals surface area contributed by atoms with Crippen LogP contribution in [0.2, 0.25) is 0 Å². The molecular weight excluding hydrogens is 464 g/mol. The Labute approximate surface area is 225 Å². The molecule has 3 unspecified atom stereocenters. The monoisotopic (exact) mass is 518 g/mol. The SMILES string of the molecule is CC(=O)O[C@@H]1CC[C@@]2(C)C([C@H](O)C[C@]3(C)C2CCC2[C@@H]([C@]4(C)CC[C@@H](C(C)(C)O)O4)CC[C@]23C)C1(C)C. The molecule has 0 amide bonds. The van der Waals surface area contributed by atoms with Crippen molar-refractivity contribution in [2.24, 2.45) is 45.3 Å². The van der Waals surface area contributed by atoms with Crippen molar-refractivity contribution in [3.8, 4) is 0 Å². The van der Waals surface area contributed by atoms with E-state index in [0.717, 1.165) is 32.1 Å². The summed E-state index contributed by atoms with van der Waals surface area (Å²) in [6.45, 7) is 19.6. The first kappa shape index (κ1) is 27.9. The lowest BCUT2D eigenvalue weighted by molar-refractivity contribution is -0.262. The van der Waals surface area contributed by atoms with Gasteiger partial charge in [0.1, 0.15) is 6.10 Å². The lowest BCUT2D eigenvalue weighted by atomic mass is 9.35. The third-order valence-corrected chi connectivity index (χ3v) is 13.4. The van der Waals surface area contributed by atoms with E-state index in [-0.39, 0.29) is 51.4 Å². The molecular formula is C32H54O5. The number of hydrogen-bond donors (Lipinski definition) is 2. The highest BCUT2D eigenvalue weighted by Gasteiger charge is 2.72. The quantitative estimate of drug-likeness (QED) is 0.430. The van der Waals surface area contributed by atoms with E-state index in [1.807, 2.05) is 13.8 Å². The Morgan fingerprint density at radius 1 is 0.892 bits per heavy atom. The molecule has 4 aliphatic carbocycles. The zero-order valence-corrected chi connectivity index (χ0v) is 25.0. The van der Waals surface area contributed by atoms with Crippen molar-refractivity contribution < 1.29 is 24.5 Å². The highest BCUT2D eigenvalue weighted by molar-refractivity contribution is 5.66. The van der Waals surface area contributed by atoms with Gasteiger partial charge in [-0.15, -0.1) is 0 Å². The molecule has 0 aromatic heterocycles. The number of ether oxygens (including phenoxy) is 2. The van der Waals surface area contributed by atoms with Crippen LogP contribution < -0.4 is 0 Å². The molecule has 1 saturated heterocycles. The van der Waals surface area contributed by atoms with Crippen LogP contribution in [0.5, 0.6) is 0 Å². The number of carbonyl (C=O) groups is 1. The zero-order valence-electron chi connectivity index (χ0n) is 25.0. The molecule has 2 N–H and O–H groups in total. The highest BCUT2D eigenvalue weighted by Crippen LogP contribution is 2.76. The van der Waals surface area contributed by atoms with Crippen LogP contribution in [0.15, 0.2) is 0 Å². The standard InChI is InChI=1S/C32H54O5/c1-19(33)36-24-13-15-29(6)23-11-10-20-21(32(9)17-14-25(37-32)28(4,5)35)12-16-30(20,7)31(23,8)18-22(34)26(29)27(24,2)3/h20-26,34-35H,10-18H2,1-9H3/t20?,21-,22+,23?,24+,25-,26?,29+,30+,31+,32-/m0/s1. The molecule has 11 atom stereocenters. The predicted octanol–water partition coefficient (Wildman–Crippen LogP) is 6.28. The Morgan fingerprint density at radius 3 is 2.16 bits per heavy atom. The molecule has 1 aliphatic heterocycles. The van der Waals surface area contributed by atoms with Crippen LogP contribution in [-0.4, -0.2) is 45.7 Å². The molecule has 4 saturated carbocycles. The molecule has 1 heterocycles. The number of carbonyl (C=O) groups excluding carboxylic acids is 1. The molecule has 0 bridgehead atoms. The number of rotatable bonds is 3. The van der Waals surface area contributed by atoms with Gasteiger partial charge in [0.05, 0.1) is 23.4 Å². The lowest BCUT2D eigenvalue weighted by Gasteiger charge is -2.71. The van der Waals surface area contributed by atoms with Gasteiger partial charge in [-0.05, 0) is 118 Å². The Balaban J connectivity index is 1.45. The van der Waals surface area contributed by atoms with Gasteiger partial charge in [0.2, 0.25) is 0 Å². The summed E-state index contributed by atoms with van der Waals surface area (Å²) in [5.41, 5.74) is -1.00. The van der Waals surface area contributed by atoms with Crippen LogP contribution in [0.1, 0.15) is 120 Å². The number of esters is 1. The van der Waals surface area contributed by atoms with Gasteiger partial charge in [0.25, 0.3) is 0 Å². The van der Waals surface area contributed by atoms with Gasteiger partial charge in [0, 0.05) is 12.3 Å². The van der Waals surface area contributed by atoms with Crippen molar-refractivity contribution in [1.82, 2.24) is 0 Å². The molecule has 5 fully saturated rings. The summed E-state index contributed by atoms with van der Waals surface area (Å²) in [4.78, 5) is 11.9. The van der Waals surface area contributed by atoms with Crippen molar-refractivity contribution in [1.29, 1.82) is 0 Å². The third kappa shape index (κ3) is 3.83. The molecule has 5 nitrogen and oxygen atoms in total. The van der Waals surface area contributed by atoms with E-state index < -0.39 is 11.7 Å². The van der Waals surface area contributed by atoms with Gasteiger partial charge in [-0.2, -0.15) is 0 Å². The summed E-state index contributed by atoms with van der Waals surface area (Å²) in [6, 6.07) is 0. The minimum absolute atomic E-state index is 0.0262. The number of hydrogen-bond acceptors (Lipinski definition) is 5. The molecule has 5 heteroatoms. The first-order valence-corrected chi connectivity index (χ1v) is 15.2. The second kappa shape index (κ2) is 8.43. The fraction of sp³-hybridized carbons (Fsp3) is 0.969. The fourth-order valence-corrected chi connectivity index (χ4v) is 11.7. The van der Waals surface area contributed by atoms with Crippen LogP contribution >= 0.6 is 0 Å². The smallest absolute Gasteiger partial charge is 0.302 e. The largest absolute Gasteiger partial charge is 0.462 e. The molecule has 5 aliphatic rings. The number of aliphatic hydroxyl groups is 2. The summed E-state index contributed by atoms with van der Waals surface area (Å²) in [5, 5.41) is 22.6. The van der Waals surface area contributed by atoms with Gasteiger partial charge in [0.15, 0.2) is 0 Å². The molecule has 212 valence electrons. The summed E-state index contributed by atoms with van der Waals surface area (Å²) >= 11 is 0. The van der Waals surface area contributed by atoms with Crippen LogP contribution in [0, 0.1) is 45.3 Å². The Bertz CT molecular complexity index is 923.